The number of nitrogens with zero attached hydrogens (tertiary/aromatic N) is 4. The van der Waals surface area contributed by atoms with Gasteiger partial charge in [-0.05, 0) is 31.4 Å². The lowest BCUT2D eigenvalue weighted by molar-refractivity contribution is 0.0789. The second-order valence-electron chi connectivity index (χ2n) is 5.74. The molecule has 1 saturated heterocycles. The first-order valence-corrected chi connectivity index (χ1v) is 7.34. The standard InChI is InChI=1S/C15H16N4O2/c20-15(11-2-1-6-16-8-11)19-7-5-12(9-19)14-17-13(18-21-14)10-3-4-10/h1-2,6,8,10,12H,3-5,7,9H2. The zero-order chi connectivity index (χ0) is 14.2. The van der Waals surface area contributed by atoms with Crippen molar-refractivity contribution in [3.8, 4) is 0 Å². The summed E-state index contributed by atoms with van der Waals surface area (Å²) >= 11 is 0. The van der Waals surface area contributed by atoms with Crippen LogP contribution in [0.3, 0.4) is 0 Å². The lowest BCUT2D eigenvalue weighted by Crippen LogP contribution is -2.28. The predicted molar refractivity (Wildman–Crippen MR) is 73.8 cm³/mol. The van der Waals surface area contributed by atoms with Gasteiger partial charge in [0, 0.05) is 31.4 Å². The van der Waals surface area contributed by atoms with Gasteiger partial charge >= 0.3 is 0 Å². The van der Waals surface area contributed by atoms with Crippen molar-refractivity contribution < 1.29 is 9.32 Å². The first-order chi connectivity index (χ1) is 10.3. The van der Waals surface area contributed by atoms with Crippen LogP contribution in [-0.2, 0) is 0 Å². The zero-order valence-corrected chi connectivity index (χ0v) is 11.6. The summed E-state index contributed by atoms with van der Waals surface area (Å²) in [6.07, 6.45) is 6.47. The van der Waals surface area contributed by atoms with Crippen LogP contribution in [-0.4, -0.2) is 39.0 Å². The SMILES string of the molecule is O=C(c1cccnc1)N1CCC(c2nc(C3CC3)no2)C1. The molecular weight excluding hydrogens is 268 g/mol. The second-order valence-corrected chi connectivity index (χ2v) is 5.74. The van der Waals surface area contributed by atoms with Crippen LogP contribution in [0.1, 0.15) is 53.2 Å². The van der Waals surface area contributed by atoms with E-state index in [1.54, 1.807) is 24.5 Å². The number of carbonyl (C=O) groups is 1. The molecule has 1 aliphatic carbocycles. The van der Waals surface area contributed by atoms with Crippen molar-refractivity contribution in [1.29, 1.82) is 0 Å². The van der Waals surface area contributed by atoms with E-state index in [-0.39, 0.29) is 11.8 Å². The molecule has 1 aliphatic heterocycles. The van der Waals surface area contributed by atoms with E-state index in [0.717, 1.165) is 31.6 Å². The molecule has 6 heteroatoms. The van der Waals surface area contributed by atoms with Gasteiger partial charge in [-0.2, -0.15) is 4.98 Å². The van der Waals surface area contributed by atoms with Gasteiger partial charge < -0.3 is 9.42 Å². The molecule has 0 bridgehead atoms. The molecule has 1 unspecified atom stereocenters. The number of amides is 1. The lowest BCUT2D eigenvalue weighted by Gasteiger charge is -2.15. The largest absolute Gasteiger partial charge is 0.339 e. The summed E-state index contributed by atoms with van der Waals surface area (Å²) in [7, 11) is 0. The van der Waals surface area contributed by atoms with Crippen LogP contribution >= 0.6 is 0 Å². The highest BCUT2D eigenvalue weighted by Crippen LogP contribution is 2.39. The number of likely N-dealkylation sites (tertiary alicyclic amines) is 1. The van der Waals surface area contributed by atoms with E-state index in [1.165, 1.54) is 0 Å². The highest BCUT2D eigenvalue weighted by Gasteiger charge is 2.34. The van der Waals surface area contributed by atoms with Crippen molar-refractivity contribution in [2.24, 2.45) is 0 Å². The topological polar surface area (TPSA) is 72.1 Å². The van der Waals surface area contributed by atoms with E-state index in [1.807, 2.05) is 4.90 Å². The summed E-state index contributed by atoms with van der Waals surface area (Å²) in [6.45, 7) is 1.36. The van der Waals surface area contributed by atoms with Crippen LogP contribution < -0.4 is 0 Å². The Bertz CT molecular complexity index is 651. The van der Waals surface area contributed by atoms with Gasteiger partial charge in [0.1, 0.15) is 0 Å². The fraction of sp³-hybridized carbons (Fsp3) is 0.467. The number of pyridine rings is 1. The van der Waals surface area contributed by atoms with E-state index in [2.05, 4.69) is 15.1 Å². The van der Waals surface area contributed by atoms with Crippen molar-refractivity contribution in [3.63, 3.8) is 0 Å². The number of hydrogen-bond donors (Lipinski definition) is 0. The van der Waals surface area contributed by atoms with E-state index < -0.39 is 0 Å². The van der Waals surface area contributed by atoms with Crippen molar-refractivity contribution in [2.75, 3.05) is 13.1 Å². The first kappa shape index (κ1) is 12.5. The van der Waals surface area contributed by atoms with Gasteiger partial charge in [0.25, 0.3) is 5.91 Å². The first-order valence-electron chi connectivity index (χ1n) is 7.34. The molecule has 1 saturated carbocycles. The Labute approximate surface area is 122 Å². The lowest BCUT2D eigenvalue weighted by atomic mass is 10.1. The van der Waals surface area contributed by atoms with Crippen LogP contribution in [0.2, 0.25) is 0 Å². The molecule has 2 fully saturated rings. The van der Waals surface area contributed by atoms with Crippen LogP contribution in [0, 0.1) is 0 Å². The van der Waals surface area contributed by atoms with Crippen LogP contribution in [0.5, 0.6) is 0 Å². The fourth-order valence-electron chi connectivity index (χ4n) is 2.74. The molecule has 3 heterocycles. The minimum Gasteiger partial charge on any atom is -0.339 e. The Morgan fingerprint density at radius 2 is 2.19 bits per heavy atom. The summed E-state index contributed by atoms with van der Waals surface area (Å²) in [5, 5.41) is 4.05. The van der Waals surface area contributed by atoms with Gasteiger partial charge in [0.2, 0.25) is 5.89 Å². The third-order valence-corrected chi connectivity index (χ3v) is 4.13. The van der Waals surface area contributed by atoms with Crippen LogP contribution in [0.4, 0.5) is 0 Å². The van der Waals surface area contributed by atoms with Crippen molar-refractivity contribution >= 4 is 5.91 Å². The molecule has 6 nitrogen and oxygen atoms in total. The Kier molecular flexibility index (Phi) is 2.94. The number of rotatable bonds is 3. The summed E-state index contributed by atoms with van der Waals surface area (Å²) < 4.78 is 5.37. The normalized spacial score (nSPS) is 21.7. The molecule has 1 atom stereocenters. The molecule has 0 aromatic carbocycles. The molecule has 2 aliphatic rings. The number of aromatic nitrogens is 3. The van der Waals surface area contributed by atoms with Gasteiger partial charge in [0.05, 0.1) is 11.5 Å². The predicted octanol–water partition coefficient (Wildman–Crippen LogP) is 1.97. The second kappa shape index (κ2) is 4.95. The van der Waals surface area contributed by atoms with E-state index in [9.17, 15) is 4.79 Å². The fourth-order valence-corrected chi connectivity index (χ4v) is 2.74. The smallest absolute Gasteiger partial charge is 0.255 e. The summed E-state index contributed by atoms with van der Waals surface area (Å²) in [5.41, 5.74) is 0.627. The quantitative estimate of drug-likeness (QED) is 0.861. The van der Waals surface area contributed by atoms with Crippen molar-refractivity contribution in [3.05, 3.63) is 41.8 Å². The Morgan fingerprint density at radius 1 is 1.29 bits per heavy atom. The molecule has 2 aromatic heterocycles. The zero-order valence-electron chi connectivity index (χ0n) is 11.6. The summed E-state index contributed by atoms with van der Waals surface area (Å²) in [4.78, 5) is 22.7. The molecule has 4 rings (SSSR count). The number of hydrogen-bond acceptors (Lipinski definition) is 5. The van der Waals surface area contributed by atoms with E-state index >= 15 is 0 Å². The Hall–Kier alpha value is -2.24. The molecule has 0 N–H and O–H groups in total. The molecule has 108 valence electrons. The van der Waals surface area contributed by atoms with Crippen molar-refractivity contribution in [1.82, 2.24) is 20.0 Å². The molecule has 21 heavy (non-hydrogen) atoms. The molecule has 0 spiro atoms. The summed E-state index contributed by atoms with van der Waals surface area (Å²) in [5.74, 6) is 2.19. The molecular formula is C15H16N4O2. The van der Waals surface area contributed by atoms with Gasteiger partial charge in [-0.3, -0.25) is 9.78 Å². The monoisotopic (exact) mass is 284 g/mol. The maximum Gasteiger partial charge on any atom is 0.255 e. The molecule has 1 amide bonds. The Balaban J connectivity index is 1.45. The minimum atomic E-state index is 0.0209. The number of carbonyl (C=O) groups excluding carboxylic acids is 1. The van der Waals surface area contributed by atoms with Gasteiger partial charge in [-0.1, -0.05) is 5.16 Å². The Morgan fingerprint density at radius 3 is 2.95 bits per heavy atom. The van der Waals surface area contributed by atoms with E-state index in [4.69, 9.17) is 4.52 Å². The van der Waals surface area contributed by atoms with E-state index in [0.29, 0.717) is 23.9 Å². The highest BCUT2D eigenvalue weighted by atomic mass is 16.5. The summed E-state index contributed by atoms with van der Waals surface area (Å²) in [6, 6.07) is 3.57. The van der Waals surface area contributed by atoms with Crippen LogP contribution in [0.15, 0.2) is 29.0 Å². The van der Waals surface area contributed by atoms with Gasteiger partial charge in [-0.25, -0.2) is 0 Å². The maximum absolute atomic E-state index is 12.4. The molecule has 0 radical (unpaired) electrons. The minimum absolute atomic E-state index is 0.0209. The molecule has 2 aromatic rings. The maximum atomic E-state index is 12.4. The third-order valence-electron chi connectivity index (χ3n) is 4.13. The average molecular weight is 284 g/mol. The van der Waals surface area contributed by atoms with Gasteiger partial charge in [0.15, 0.2) is 5.82 Å². The van der Waals surface area contributed by atoms with Crippen LogP contribution in [0.25, 0.3) is 0 Å². The van der Waals surface area contributed by atoms with Crippen molar-refractivity contribution in [2.45, 2.75) is 31.1 Å². The average Bonchev–Trinajstić information content (AvgIpc) is 3.07. The van der Waals surface area contributed by atoms with Gasteiger partial charge in [-0.15, -0.1) is 0 Å². The highest BCUT2D eigenvalue weighted by molar-refractivity contribution is 5.94. The third kappa shape index (κ3) is 2.41.